The molecule has 3 rings (SSSR count). The van der Waals surface area contributed by atoms with Crippen LogP contribution in [0.2, 0.25) is 5.02 Å². The summed E-state index contributed by atoms with van der Waals surface area (Å²) in [6.45, 7) is 4.53. The van der Waals surface area contributed by atoms with Gasteiger partial charge >= 0.3 is 0 Å². The molecule has 0 fully saturated rings. The van der Waals surface area contributed by atoms with Crippen LogP contribution in [0.1, 0.15) is 25.0 Å². The molecule has 0 spiro atoms. The Kier molecular flexibility index (Phi) is 7.17. The van der Waals surface area contributed by atoms with Crippen LogP contribution < -0.4 is 15.0 Å². The number of ether oxygens (including phenoxy) is 2. The molecule has 30 heavy (non-hydrogen) atoms. The van der Waals surface area contributed by atoms with Gasteiger partial charge in [-0.05, 0) is 55.8 Å². The number of carbonyl (C=O) groups is 1. The highest BCUT2D eigenvalue weighted by atomic mass is 35.5. The topological polar surface area (TPSA) is 80.9 Å². The molecule has 0 radical (unpaired) electrons. The molecular formula is C23H22ClNO5. The van der Waals surface area contributed by atoms with Gasteiger partial charge in [-0.15, -0.1) is 0 Å². The fraction of sp³-hybridized carbons (Fsp3) is 0.174. The maximum Gasteiger partial charge on any atom is 0.267 e. The van der Waals surface area contributed by atoms with E-state index in [-0.39, 0.29) is 6.61 Å². The Morgan fingerprint density at radius 1 is 1.20 bits per heavy atom. The molecule has 0 bridgehead atoms. The van der Waals surface area contributed by atoms with Crippen molar-refractivity contribution in [1.29, 1.82) is 0 Å². The van der Waals surface area contributed by atoms with E-state index in [9.17, 15) is 4.79 Å². The summed E-state index contributed by atoms with van der Waals surface area (Å²) in [6.07, 6.45) is 6.25. The molecule has 1 heterocycles. The Morgan fingerprint density at radius 2 is 2.03 bits per heavy atom. The van der Waals surface area contributed by atoms with Gasteiger partial charge in [0.1, 0.15) is 13.2 Å². The second-order valence-corrected chi connectivity index (χ2v) is 7.22. The summed E-state index contributed by atoms with van der Waals surface area (Å²) in [5.41, 5.74) is 4.70. The van der Waals surface area contributed by atoms with Gasteiger partial charge in [0.05, 0.1) is 6.26 Å². The van der Waals surface area contributed by atoms with Crippen molar-refractivity contribution in [2.75, 3.05) is 6.61 Å². The van der Waals surface area contributed by atoms with Crippen molar-refractivity contribution in [3.05, 3.63) is 76.5 Å². The third-order valence-corrected chi connectivity index (χ3v) is 4.43. The van der Waals surface area contributed by atoms with Crippen LogP contribution in [0.3, 0.4) is 0 Å². The second-order valence-electron chi connectivity index (χ2n) is 6.78. The van der Waals surface area contributed by atoms with Crippen LogP contribution in [0, 0.1) is 0 Å². The largest absolute Gasteiger partial charge is 0.484 e. The smallest absolute Gasteiger partial charge is 0.267 e. The average Bonchev–Trinajstić information content (AvgIpc) is 3.19. The number of furan rings is 1. The second kappa shape index (κ2) is 10.0. The van der Waals surface area contributed by atoms with Crippen molar-refractivity contribution in [1.82, 2.24) is 5.48 Å². The highest BCUT2D eigenvalue weighted by molar-refractivity contribution is 6.30. The van der Waals surface area contributed by atoms with E-state index in [0.717, 1.165) is 16.5 Å². The van der Waals surface area contributed by atoms with E-state index in [2.05, 4.69) is 0 Å². The summed E-state index contributed by atoms with van der Waals surface area (Å²) in [6, 6.07) is 11.0. The molecule has 3 aromatic rings. The van der Waals surface area contributed by atoms with Crippen molar-refractivity contribution in [2.24, 2.45) is 0 Å². The summed E-state index contributed by atoms with van der Waals surface area (Å²) in [4.78, 5) is 11.5. The number of allylic oxidation sites excluding steroid dienone is 1. The first kappa shape index (κ1) is 21.5. The van der Waals surface area contributed by atoms with Gasteiger partial charge < -0.3 is 13.9 Å². The highest BCUT2D eigenvalue weighted by Gasteiger charge is 2.18. The molecule has 2 N–H and O–H groups in total. The number of carbonyl (C=O) groups excluding carboxylic acids is 1. The molecule has 0 unspecified atom stereocenters. The van der Waals surface area contributed by atoms with E-state index in [1.807, 2.05) is 44.2 Å². The van der Waals surface area contributed by atoms with Crippen LogP contribution in [0.15, 0.2) is 64.8 Å². The Morgan fingerprint density at radius 3 is 2.77 bits per heavy atom. The molecule has 156 valence electrons. The Labute approximate surface area is 179 Å². The molecule has 2 aromatic carbocycles. The Hall–Kier alpha value is -3.22. The van der Waals surface area contributed by atoms with Crippen LogP contribution in [0.4, 0.5) is 0 Å². The van der Waals surface area contributed by atoms with Crippen molar-refractivity contribution >= 4 is 34.6 Å². The first-order chi connectivity index (χ1) is 14.5. The lowest BCUT2D eigenvalue weighted by Crippen LogP contribution is -2.14. The molecule has 0 saturated carbocycles. The molecule has 1 amide bonds. The van der Waals surface area contributed by atoms with E-state index >= 15 is 0 Å². The van der Waals surface area contributed by atoms with E-state index < -0.39 is 5.91 Å². The van der Waals surface area contributed by atoms with E-state index in [0.29, 0.717) is 34.3 Å². The first-order valence-electron chi connectivity index (χ1n) is 9.27. The SMILES string of the molecule is CC(C)=CCOc1c(OCc2cccc(Cl)c2)c(/C=C\C(=O)NO)cc2ccoc12. The van der Waals surface area contributed by atoms with Crippen molar-refractivity contribution in [3.63, 3.8) is 0 Å². The number of hydrogen-bond donors (Lipinski definition) is 2. The zero-order chi connectivity index (χ0) is 21.5. The lowest BCUT2D eigenvalue weighted by Gasteiger charge is -2.15. The molecule has 1 aromatic heterocycles. The van der Waals surface area contributed by atoms with E-state index in [1.54, 1.807) is 30.0 Å². The molecule has 6 nitrogen and oxygen atoms in total. The van der Waals surface area contributed by atoms with Gasteiger partial charge in [-0.25, -0.2) is 5.48 Å². The maximum atomic E-state index is 11.5. The Bertz CT molecular complexity index is 1100. The lowest BCUT2D eigenvalue weighted by atomic mass is 10.1. The molecule has 0 atom stereocenters. The van der Waals surface area contributed by atoms with Crippen LogP contribution in [0.25, 0.3) is 17.0 Å². The normalized spacial score (nSPS) is 10.9. The third kappa shape index (κ3) is 5.43. The van der Waals surface area contributed by atoms with Crippen LogP contribution in [-0.4, -0.2) is 17.7 Å². The maximum absolute atomic E-state index is 11.5. The molecule has 7 heteroatoms. The summed E-state index contributed by atoms with van der Waals surface area (Å²) in [7, 11) is 0. The predicted molar refractivity (Wildman–Crippen MR) is 116 cm³/mol. The number of amides is 1. The summed E-state index contributed by atoms with van der Waals surface area (Å²) < 4.78 is 17.7. The molecule has 0 saturated heterocycles. The summed E-state index contributed by atoms with van der Waals surface area (Å²) >= 11 is 6.07. The monoisotopic (exact) mass is 427 g/mol. The molecule has 0 aliphatic heterocycles. The number of rotatable bonds is 8. The highest BCUT2D eigenvalue weighted by Crippen LogP contribution is 2.41. The van der Waals surface area contributed by atoms with Gasteiger partial charge in [0.25, 0.3) is 5.91 Å². The minimum Gasteiger partial charge on any atom is -0.484 e. The minimum atomic E-state index is -0.657. The third-order valence-electron chi connectivity index (χ3n) is 4.20. The van der Waals surface area contributed by atoms with Gasteiger partial charge in [0.2, 0.25) is 5.75 Å². The number of benzene rings is 2. The van der Waals surface area contributed by atoms with Crippen LogP contribution in [-0.2, 0) is 11.4 Å². The van der Waals surface area contributed by atoms with E-state index in [1.165, 1.54) is 6.08 Å². The number of fused-ring (bicyclic) bond motifs is 1. The zero-order valence-electron chi connectivity index (χ0n) is 16.6. The fourth-order valence-corrected chi connectivity index (χ4v) is 2.98. The van der Waals surface area contributed by atoms with Gasteiger partial charge in [-0.2, -0.15) is 0 Å². The first-order valence-corrected chi connectivity index (χ1v) is 9.65. The summed E-state index contributed by atoms with van der Waals surface area (Å²) in [5, 5.41) is 10.2. The molecule has 0 aliphatic carbocycles. The average molecular weight is 428 g/mol. The number of nitrogens with one attached hydrogen (secondary N) is 1. The van der Waals surface area contributed by atoms with E-state index in [4.69, 9.17) is 30.7 Å². The van der Waals surface area contributed by atoms with Gasteiger partial charge in [0, 0.05) is 22.0 Å². The van der Waals surface area contributed by atoms with Gasteiger partial charge in [0.15, 0.2) is 11.3 Å². The van der Waals surface area contributed by atoms with Crippen LogP contribution in [0.5, 0.6) is 11.5 Å². The van der Waals surface area contributed by atoms with Crippen molar-refractivity contribution < 1.29 is 23.9 Å². The molecular weight excluding hydrogens is 406 g/mol. The van der Waals surface area contributed by atoms with Gasteiger partial charge in [-0.1, -0.05) is 29.3 Å². The summed E-state index contributed by atoms with van der Waals surface area (Å²) in [5.74, 6) is 0.192. The fourth-order valence-electron chi connectivity index (χ4n) is 2.77. The number of halogens is 1. The van der Waals surface area contributed by atoms with Gasteiger partial charge in [-0.3, -0.25) is 10.0 Å². The van der Waals surface area contributed by atoms with Crippen molar-refractivity contribution in [2.45, 2.75) is 20.5 Å². The van der Waals surface area contributed by atoms with Crippen molar-refractivity contribution in [3.8, 4) is 11.5 Å². The molecule has 0 aliphatic rings. The number of hydroxylamine groups is 1. The number of hydrogen-bond acceptors (Lipinski definition) is 5. The predicted octanol–water partition coefficient (Wildman–Crippen LogP) is 5.53. The lowest BCUT2D eigenvalue weighted by molar-refractivity contribution is -0.124. The quantitative estimate of drug-likeness (QED) is 0.214. The van der Waals surface area contributed by atoms with Crippen LogP contribution >= 0.6 is 11.6 Å². The Balaban J connectivity index is 2.04. The zero-order valence-corrected chi connectivity index (χ0v) is 17.4. The standard InChI is InChI=1S/C23H22ClNO5/c1-15(2)8-10-29-23-21-18(9-11-28-21)13-17(6-7-20(26)25-27)22(23)30-14-16-4-3-5-19(24)12-16/h3-9,11-13,27H,10,14H2,1-2H3,(H,25,26)/b7-6-. The minimum absolute atomic E-state index is 0.235.